The minimum Gasteiger partial charge on any atom is -0.339 e. The maximum Gasteiger partial charge on any atom is 0.231 e. The van der Waals surface area contributed by atoms with Crippen molar-refractivity contribution in [1.82, 2.24) is 15.5 Å². The first-order chi connectivity index (χ1) is 10.1. The van der Waals surface area contributed by atoms with Gasteiger partial charge >= 0.3 is 0 Å². The Morgan fingerprint density at radius 3 is 2.76 bits per heavy atom. The molecule has 0 aliphatic heterocycles. The molecule has 0 amide bonds. The van der Waals surface area contributed by atoms with Gasteiger partial charge in [0.25, 0.3) is 0 Å². The van der Waals surface area contributed by atoms with Crippen LogP contribution < -0.4 is 5.32 Å². The fourth-order valence-corrected chi connectivity index (χ4v) is 3.32. The summed E-state index contributed by atoms with van der Waals surface area (Å²) in [6, 6.07) is 4.49. The smallest absolute Gasteiger partial charge is 0.231 e. The molecule has 1 N–H and O–H groups in total. The summed E-state index contributed by atoms with van der Waals surface area (Å²) in [5.41, 5.74) is 0. The molecule has 0 spiro atoms. The molecule has 2 unspecified atom stereocenters. The second-order valence-electron chi connectivity index (χ2n) is 5.82. The zero-order valence-corrected chi connectivity index (χ0v) is 14.1. The van der Waals surface area contributed by atoms with E-state index in [4.69, 9.17) is 4.52 Å². The molecular formula is C16H25N3OS. The molecule has 0 radical (unpaired) electrons. The van der Waals surface area contributed by atoms with Crippen molar-refractivity contribution in [3.63, 3.8) is 0 Å². The fourth-order valence-electron chi connectivity index (χ4n) is 2.62. The Kier molecular flexibility index (Phi) is 5.94. The van der Waals surface area contributed by atoms with Crippen molar-refractivity contribution in [1.29, 1.82) is 0 Å². The van der Waals surface area contributed by atoms with Gasteiger partial charge in [-0.3, -0.25) is 0 Å². The SMILES string of the molecule is CCCNC(C)C(c1nc(Cc2cccs2)no1)C(C)C. The van der Waals surface area contributed by atoms with Crippen LogP contribution in [0.2, 0.25) is 0 Å². The third-order valence-electron chi connectivity index (χ3n) is 3.65. The van der Waals surface area contributed by atoms with Crippen LogP contribution in [0.25, 0.3) is 0 Å². The molecule has 0 aliphatic carbocycles. The van der Waals surface area contributed by atoms with E-state index in [0.29, 0.717) is 12.0 Å². The first-order valence-corrected chi connectivity index (χ1v) is 8.58. The van der Waals surface area contributed by atoms with Crippen molar-refractivity contribution < 1.29 is 4.52 Å². The Morgan fingerprint density at radius 1 is 1.33 bits per heavy atom. The van der Waals surface area contributed by atoms with Crippen molar-refractivity contribution in [2.24, 2.45) is 5.92 Å². The number of nitrogens with one attached hydrogen (secondary N) is 1. The molecule has 0 aliphatic rings. The molecule has 2 aromatic heterocycles. The predicted octanol–water partition coefficient (Wildman–Crippen LogP) is 3.85. The van der Waals surface area contributed by atoms with E-state index in [1.54, 1.807) is 11.3 Å². The fraction of sp³-hybridized carbons (Fsp3) is 0.625. The van der Waals surface area contributed by atoms with Crippen LogP contribution in [0.15, 0.2) is 22.0 Å². The second kappa shape index (κ2) is 7.71. The summed E-state index contributed by atoms with van der Waals surface area (Å²) in [7, 11) is 0. The van der Waals surface area contributed by atoms with Gasteiger partial charge in [0.2, 0.25) is 5.89 Å². The van der Waals surface area contributed by atoms with Gasteiger partial charge in [-0.15, -0.1) is 11.3 Å². The summed E-state index contributed by atoms with van der Waals surface area (Å²) in [5.74, 6) is 2.24. The van der Waals surface area contributed by atoms with Crippen molar-refractivity contribution in [2.75, 3.05) is 6.54 Å². The summed E-state index contributed by atoms with van der Waals surface area (Å²) in [5, 5.41) is 9.76. The Labute approximate surface area is 131 Å². The number of thiophene rings is 1. The van der Waals surface area contributed by atoms with Gasteiger partial charge in [-0.2, -0.15) is 4.98 Å². The maximum atomic E-state index is 5.54. The number of hydrogen-bond donors (Lipinski definition) is 1. The third-order valence-corrected chi connectivity index (χ3v) is 4.53. The van der Waals surface area contributed by atoms with Crippen molar-refractivity contribution in [3.05, 3.63) is 34.1 Å². The van der Waals surface area contributed by atoms with Gasteiger partial charge in [-0.25, -0.2) is 0 Å². The van der Waals surface area contributed by atoms with Crippen molar-refractivity contribution >= 4 is 11.3 Å². The molecule has 0 saturated heterocycles. The highest BCUT2D eigenvalue weighted by Crippen LogP contribution is 2.27. The second-order valence-corrected chi connectivity index (χ2v) is 6.85. The summed E-state index contributed by atoms with van der Waals surface area (Å²) < 4.78 is 5.54. The van der Waals surface area contributed by atoms with Gasteiger partial charge in [-0.1, -0.05) is 32.0 Å². The lowest BCUT2D eigenvalue weighted by atomic mass is 9.89. The quantitative estimate of drug-likeness (QED) is 0.805. The number of hydrogen-bond acceptors (Lipinski definition) is 5. The van der Waals surface area contributed by atoms with Gasteiger partial charge in [0.05, 0.1) is 5.92 Å². The molecule has 5 heteroatoms. The standard InChI is InChI=1S/C16H25N3OS/c1-5-8-17-12(4)15(11(2)3)16-18-14(19-20-16)10-13-7-6-9-21-13/h6-7,9,11-12,15,17H,5,8,10H2,1-4H3. The highest BCUT2D eigenvalue weighted by atomic mass is 32.1. The predicted molar refractivity (Wildman–Crippen MR) is 86.8 cm³/mol. The monoisotopic (exact) mass is 307 g/mol. The zero-order valence-electron chi connectivity index (χ0n) is 13.3. The topological polar surface area (TPSA) is 51.0 Å². The molecule has 0 fully saturated rings. The zero-order chi connectivity index (χ0) is 15.2. The van der Waals surface area contributed by atoms with Crippen LogP contribution in [0.3, 0.4) is 0 Å². The Hall–Kier alpha value is -1.20. The van der Waals surface area contributed by atoms with Gasteiger partial charge in [0, 0.05) is 17.3 Å². The number of aromatic nitrogens is 2. The Bertz CT molecular complexity index is 521. The van der Waals surface area contributed by atoms with Gasteiger partial charge in [0.1, 0.15) is 0 Å². The van der Waals surface area contributed by atoms with E-state index in [1.807, 2.05) is 0 Å². The molecule has 2 rings (SSSR count). The lowest BCUT2D eigenvalue weighted by Crippen LogP contribution is -2.35. The van der Waals surface area contributed by atoms with E-state index in [-0.39, 0.29) is 5.92 Å². The molecule has 4 nitrogen and oxygen atoms in total. The lowest BCUT2D eigenvalue weighted by molar-refractivity contribution is 0.279. The van der Waals surface area contributed by atoms with Crippen LogP contribution in [-0.2, 0) is 6.42 Å². The molecule has 2 aromatic rings. The summed E-state index contributed by atoms with van der Waals surface area (Å²) in [6.07, 6.45) is 1.88. The normalized spacial score (nSPS) is 14.5. The largest absolute Gasteiger partial charge is 0.339 e. The van der Waals surface area contributed by atoms with Crippen LogP contribution in [-0.4, -0.2) is 22.7 Å². The van der Waals surface area contributed by atoms with E-state index in [2.05, 4.69) is 60.7 Å². The highest BCUT2D eigenvalue weighted by molar-refractivity contribution is 7.09. The van der Waals surface area contributed by atoms with Crippen LogP contribution in [0.1, 0.15) is 56.6 Å². The number of rotatable bonds is 8. The average Bonchev–Trinajstić information content (AvgIpc) is 3.09. The molecule has 0 saturated carbocycles. The molecule has 2 atom stereocenters. The van der Waals surface area contributed by atoms with Crippen molar-refractivity contribution in [2.45, 2.75) is 52.5 Å². The molecular weight excluding hydrogens is 282 g/mol. The molecule has 21 heavy (non-hydrogen) atoms. The molecule has 0 bridgehead atoms. The van der Waals surface area contributed by atoms with E-state index < -0.39 is 0 Å². The van der Waals surface area contributed by atoms with Gasteiger partial charge in [-0.05, 0) is 37.3 Å². The summed E-state index contributed by atoms with van der Waals surface area (Å²) in [6.45, 7) is 9.80. The Balaban J connectivity index is 2.08. The minimum atomic E-state index is 0.251. The third kappa shape index (κ3) is 4.38. The van der Waals surface area contributed by atoms with E-state index >= 15 is 0 Å². The maximum absolute atomic E-state index is 5.54. The molecule has 116 valence electrons. The first-order valence-electron chi connectivity index (χ1n) is 7.70. The molecule has 0 aromatic carbocycles. The lowest BCUT2D eigenvalue weighted by Gasteiger charge is -2.24. The van der Waals surface area contributed by atoms with Crippen molar-refractivity contribution in [3.8, 4) is 0 Å². The van der Waals surface area contributed by atoms with E-state index in [1.165, 1.54) is 4.88 Å². The summed E-state index contributed by atoms with van der Waals surface area (Å²) >= 11 is 1.73. The number of nitrogens with zero attached hydrogens (tertiary/aromatic N) is 2. The van der Waals surface area contributed by atoms with Crippen LogP contribution in [0, 0.1) is 5.92 Å². The average molecular weight is 307 g/mol. The van der Waals surface area contributed by atoms with Crippen LogP contribution in [0.5, 0.6) is 0 Å². The summed E-state index contributed by atoms with van der Waals surface area (Å²) in [4.78, 5) is 5.89. The first kappa shape index (κ1) is 16.2. The highest BCUT2D eigenvalue weighted by Gasteiger charge is 2.28. The Morgan fingerprint density at radius 2 is 2.14 bits per heavy atom. The van der Waals surface area contributed by atoms with Gasteiger partial charge in [0.15, 0.2) is 5.82 Å². The van der Waals surface area contributed by atoms with E-state index in [0.717, 1.165) is 31.1 Å². The van der Waals surface area contributed by atoms with E-state index in [9.17, 15) is 0 Å². The van der Waals surface area contributed by atoms with Crippen LogP contribution in [0.4, 0.5) is 0 Å². The van der Waals surface area contributed by atoms with Gasteiger partial charge < -0.3 is 9.84 Å². The molecule has 2 heterocycles. The van der Waals surface area contributed by atoms with Crippen LogP contribution >= 0.6 is 11.3 Å². The minimum absolute atomic E-state index is 0.251.